The van der Waals surface area contributed by atoms with Gasteiger partial charge in [0.2, 0.25) is 0 Å². The van der Waals surface area contributed by atoms with E-state index in [1.54, 1.807) is 16.8 Å². The number of aromatic nitrogens is 3. The summed E-state index contributed by atoms with van der Waals surface area (Å²) in [5, 5.41) is 26.6. The highest BCUT2D eigenvalue weighted by molar-refractivity contribution is 6.30. The number of nitrogens with one attached hydrogen (secondary N) is 4. The fourth-order valence-electron chi connectivity index (χ4n) is 3.83. The monoisotopic (exact) mass is 464 g/mol. The minimum absolute atomic E-state index is 0.175. The van der Waals surface area contributed by atoms with Crippen LogP contribution in [0.2, 0.25) is 5.02 Å². The van der Waals surface area contributed by atoms with Gasteiger partial charge in [0.1, 0.15) is 17.7 Å². The van der Waals surface area contributed by atoms with E-state index in [1.165, 1.54) is 0 Å². The molecule has 2 aromatic heterocycles. The highest BCUT2D eigenvalue weighted by atomic mass is 35.5. The fraction of sp³-hybridized carbons (Fsp3) is 0.318. The number of amides is 3. The van der Waals surface area contributed by atoms with Gasteiger partial charge in [0, 0.05) is 23.0 Å². The summed E-state index contributed by atoms with van der Waals surface area (Å²) in [4.78, 5) is 28.3. The van der Waals surface area contributed by atoms with Crippen LogP contribution in [0.25, 0.3) is 5.65 Å². The number of fused-ring (bicyclic) bond motifs is 1. The first kappa shape index (κ1) is 21.0. The van der Waals surface area contributed by atoms with Crippen LogP contribution < -0.4 is 21.3 Å². The number of nitriles is 1. The van der Waals surface area contributed by atoms with Gasteiger partial charge in [0.15, 0.2) is 17.3 Å². The number of benzene rings is 1. The second kappa shape index (κ2) is 8.26. The first-order chi connectivity index (χ1) is 15.9. The van der Waals surface area contributed by atoms with Crippen molar-refractivity contribution in [2.75, 3.05) is 10.6 Å². The molecule has 2 fully saturated rings. The van der Waals surface area contributed by atoms with Crippen LogP contribution in [0, 0.1) is 11.3 Å². The first-order valence-electron chi connectivity index (χ1n) is 10.6. The fourth-order valence-corrected chi connectivity index (χ4v) is 4.03. The Morgan fingerprint density at radius 1 is 1.36 bits per heavy atom. The number of carbonyl (C=O) groups excluding carboxylic acids is 2. The molecule has 3 aromatic rings. The summed E-state index contributed by atoms with van der Waals surface area (Å²) in [6, 6.07) is 8.61. The number of urea groups is 1. The van der Waals surface area contributed by atoms with Crippen molar-refractivity contribution < 1.29 is 9.59 Å². The van der Waals surface area contributed by atoms with E-state index in [0.29, 0.717) is 33.4 Å². The van der Waals surface area contributed by atoms with Crippen molar-refractivity contribution in [2.45, 2.75) is 44.3 Å². The van der Waals surface area contributed by atoms with Crippen molar-refractivity contribution in [1.29, 1.82) is 5.26 Å². The molecule has 11 heteroatoms. The van der Waals surface area contributed by atoms with Crippen LogP contribution in [0.3, 0.4) is 0 Å². The molecule has 0 bridgehead atoms. The SMILES string of the molecule is C[C@@H](Nc1nc2c(CC3NC(=O)NC3=O)cnn2c(NC2CC2)c1C#N)c1cccc(Cl)c1. The maximum atomic E-state index is 12.0. The molecule has 1 saturated carbocycles. The van der Waals surface area contributed by atoms with Gasteiger partial charge in [-0.2, -0.15) is 14.9 Å². The van der Waals surface area contributed by atoms with Crippen LogP contribution in [0.1, 0.15) is 42.5 Å². The average Bonchev–Trinajstić information content (AvgIpc) is 3.43. The van der Waals surface area contributed by atoms with E-state index < -0.39 is 18.0 Å². The minimum Gasteiger partial charge on any atom is -0.366 e. The van der Waals surface area contributed by atoms with Crippen molar-refractivity contribution in [3.8, 4) is 6.07 Å². The normalized spacial score (nSPS) is 18.5. The molecule has 168 valence electrons. The molecule has 1 aliphatic heterocycles. The van der Waals surface area contributed by atoms with Crippen LogP contribution in [-0.2, 0) is 11.2 Å². The van der Waals surface area contributed by atoms with Gasteiger partial charge in [-0.25, -0.2) is 9.78 Å². The zero-order valence-electron chi connectivity index (χ0n) is 17.7. The molecule has 2 aliphatic rings. The third-order valence-corrected chi connectivity index (χ3v) is 5.97. The lowest BCUT2D eigenvalue weighted by Crippen LogP contribution is -2.31. The number of imide groups is 1. The average molecular weight is 465 g/mol. The predicted molar refractivity (Wildman–Crippen MR) is 122 cm³/mol. The van der Waals surface area contributed by atoms with Gasteiger partial charge >= 0.3 is 6.03 Å². The van der Waals surface area contributed by atoms with Crippen molar-refractivity contribution in [1.82, 2.24) is 25.2 Å². The molecule has 1 saturated heterocycles. The van der Waals surface area contributed by atoms with Gasteiger partial charge in [-0.15, -0.1) is 0 Å². The van der Waals surface area contributed by atoms with E-state index >= 15 is 0 Å². The quantitative estimate of drug-likeness (QED) is 0.394. The summed E-state index contributed by atoms with van der Waals surface area (Å²) >= 11 is 6.15. The molecule has 3 heterocycles. The Morgan fingerprint density at radius 2 is 2.18 bits per heavy atom. The van der Waals surface area contributed by atoms with E-state index in [9.17, 15) is 14.9 Å². The van der Waals surface area contributed by atoms with Gasteiger partial charge in [-0.05, 0) is 37.5 Å². The standard InChI is InChI=1S/C22H21ClN8O2/c1-11(12-3-2-4-14(23)7-12)26-18-16(9-24)20(27-15-5-6-15)31-19(29-18)13(10-25-31)8-17-21(32)30-22(33)28-17/h2-4,7,10-11,15,17,27H,5-6,8H2,1H3,(H,26,29)(H2,28,30,32,33)/t11-,17?/m1/s1. The van der Waals surface area contributed by atoms with Crippen molar-refractivity contribution >= 4 is 40.8 Å². The second-order valence-corrected chi connectivity index (χ2v) is 8.70. The maximum absolute atomic E-state index is 12.0. The molecular weight excluding hydrogens is 444 g/mol. The van der Waals surface area contributed by atoms with Crippen molar-refractivity contribution in [3.63, 3.8) is 0 Å². The summed E-state index contributed by atoms with van der Waals surface area (Å²) in [5.74, 6) is 0.566. The molecule has 0 spiro atoms. The third kappa shape index (κ3) is 4.15. The summed E-state index contributed by atoms with van der Waals surface area (Å²) < 4.78 is 1.59. The molecule has 10 nitrogen and oxygen atoms in total. The molecule has 5 rings (SSSR count). The molecular formula is C22H21ClN8O2. The van der Waals surface area contributed by atoms with E-state index in [2.05, 4.69) is 32.4 Å². The van der Waals surface area contributed by atoms with Gasteiger partial charge in [-0.1, -0.05) is 23.7 Å². The Balaban J connectivity index is 1.56. The number of hydrogen-bond acceptors (Lipinski definition) is 7. The smallest absolute Gasteiger partial charge is 0.322 e. The largest absolute Gasteiger partial charge is 0.366 e. The number of hydrogen-bond donors (Lipinski definition) is 4. The summed E-state index contributed by atoms with van der Waals surface area (Å²) in [7, 11) is 0. The predicted octanol–water partition coefficient (Wildman–Crippen LogP) is 2.75. The van der Waals surface area contributed by atoms with Gasteiger partial charge in [0.25, 0.3) is 5.91 Å². The highest BCUT2D eigenvalue weighted by Crippen LogP contribution is 2.32. The molecule has 0 radical (unpaired) electrons. The van der Waals surface area contributed by atoms with Crippen LogP contribution in [-0.4, -0.2) is 38.6 Å². The van der Waals surface area contributed by atoms with E-state index in [-0.39, 0.29) is 18.5 Å². The Bertz CT molecular complexity index is 1310. The topological polar surface area (TPSA) is 136 Å². The van der Waals surface area contributed by atoms with E-state index in [4.69, 9.17) is 16.6 Å². The van der Waals surface area contributed by atoms with Gasteiger partial charge in [0.05, 0.1) is 12.2 Å². The Morgan fingerprint density at radius 3 is 2.85 bits per heavy atom. The zero-order chi connectivity index (χ0) is 23.1. The summed E-state index contributed by atoms with van der Waals surface area (Å²) in [5.41, 5.74) is 2.49. The lowest BCUT2D eigenvalue weighted by molar-refractivity contribution is -0.120. The molecule has 1 aromatic carbocycles. The Kier molecular flexibility index (Phi) is 5.26. The molecule has 4 N–H and O–H groups in total. The molecule has 33 heavy (non-hydrogen) atoms. The zero-order valence-corrected chi connectivity index (χ0v) is 18.5. The number of halogens is 1. The van der Waals surface area contributed by atoms with Crippen LogP contribution in [0.15, 0.2) is 30.5 Å². The minimum atomic E-state index is -0.704. The maximum Gasteiger partial charge on any atom is 0.322 e. The Labute approximate surface area is 194 Å². The number of rotatable bonds is 7. The Hall–Kier alpha value is -3.84. The highest BCUT2D eigenvalue weighted by Gasteiger charge is 2.32. The van der Waals surface area contributed by atoms with E-state index in [1.807, 2.05) is 25.1 Å². The van der Waals surface area contributed by atoms with Crippen LogP contribution in [0.4, 0.5) is 16.4 Å². The number of anilines is 2. The molecule has 2 atom stereocenters. The lowest BCUT2D eigenvalue weighted by Gasteiger charge is -2.19. The second-order valence-electron chi connectivity index (χ2n) is 8.26. The van der Waals surface area contributed by atoms with Crippen molar-refractivity contribution in [2.24, 2.45) is 0 Å². The molecule has 1 unspecified atom stereocenters. The number of nitrogens with zero attached hydrogens (tertiary/aromatic N) is 4. The van der Waals surface area contributed by atoms with Gasteiger partial charge < -0.3 is 16.0 Å². The third-order valence-electron chi connectivity index (χ3n) is 5.73. The summed E-state index contributed by atoms with van der Waals surface area (Å²) in [6.45, 7) is 1.96. The first-order valence-corrected chi connectivity index (χ1v) is 11.0. The molecule has 3 amide bonds. The van der Waals surface area contributed by atoms with Crippen LogP contribution >= 0.6 is 11.6 Å². The summed E-state index contributed by atoms with van der Waals surface area (Å²) in [6.07, 6.45) is 3.87. The van der Waals surface area contributed by atoms with Gasteiger partial charge in [-0.3, -0.25) is 10.1 Å². The van der Waals surface area contributed by atoms with Crippen molar-refractivity contribution in [3.05, 3.63) is 52.2 Å². The lowest BCUT2D eigenvalue weighted by atomic mass is 10.1. The van der Waals surface area contributed by atoms with E-state index in [0.717, 1.165) is 18.4 Å². The van der Waals surface area contributed by atoms with Crippen LogP contribution in [0.5, 0.6) is 0 Å². The number of carbonyl (C=O) groups is 2. The molecule has 1 aliphatic carbocycles.